The van der Waals surface area contributed by atoms with Gasteiger partial charge in [0.15, 0.2) is 9.84 Å². The van der Waals surface area contributed by atoms with Gasteiger partial charge in [0.25, 0.3) is 0 Å². The maximum Gasteiger partial charge on any atom is 0.169 e. The van der Waals surface area contributed by atoms with Gasteiger partial charge in [-0.1, -0.05) is 0 Å². The van der Waals surface area contributed by atoms with Gasteiger partial charge < -0.3 is 5.73 Å². The molecule has 0 atom stereocenters. The zero-order valence-electron chi connectivity index (χ0n) is 8.01. The van der Waals surface area contributed by atoms with Crippen LogP contribution >= 0.6 is 11.6 Å². The molecule has 6 heteroatoms. The Balaban J connectivity index is 4.42. The van der Waals surface area contributed by atoms with Crippen LogP contribution in [0.3, 0.4) is 0 Å². The summed E-state index contributed by atoms with van der Waals surface area (Å²) in [4.78, 5) is -0.943. The molecule has 13 heavy (non-hydrogen) atoms. The fourth-order valence-electron chi connectivity index (χ4n) is 0.840. The van der Waals surface area contributed by atoms with Crippen molar-refractivity contribution >= 4 is 21.4 Å². The van der Waals surface area contributed by atoms with Crippen LogP contribution in [0.5, 0.6) is 0 Å². The molecule has 0 aromatic rings. The van der Waals surface area contributed by atoms with Crippen molar-refractivity contribution in [3.8, 4) is 0 Å². The third-order valence-corrected chi connectivity index (χ3v) is 4.67. The van der Waals surface area contributed by atoms with Crippen LogP contribution in [0.1, 0.15) is 13.8 Å². The van der Waals surface area contributed by atoms with Crippen molar-refractivity contribution in [2.24, 2.45) is 5.73 Å². The minimum atomic E-state index is -3.18. The summed E-state index contributed by atoms with van der Waals surface area (Å²) in [5.74, 6) is 0.106. The summed E-state index contributed by atoms with van der Waals surface area (Å²) >= 11 is 5.39. The van der Waals surface area contributed by atoms with E-state index in [9.17, 15) is 8.42 Å². The van der Waals surface area contributed by atoms with E-state index < -0.39 is 14.7 Å². The fourth-order valence-corrected chi connectivity index (χ4v) is 2.48. The zero-order chi connectivity index (χ0) is 10.5. The Bertz CT molecular complexity index is 239. The van der Waals surface area contributed by atoms with Gasteiger partial charge in [-0.25, -0.2) is 8.42 Å². The minimum Gasteiger partial charge on any atom is -0.329 e. The van der Waals surface area contributed by atoms with Gasteiger partial charge in [-0.05, 0) is 13.8 Å². The molecular weight excluding hydrogens is 212 g/mol. The van der Waals surface area contributed by atoms with Crippen LogP contribution in [0, 0.1) is 0 Å². The van der Waals surface area contributed by atoms with E-state index in [0.717, 1.165) is 0 Å². The van der Waals surface area contributed by atoms with Gasteiger partial charge in [0.1, 0.15) is 4.87 Å². The number of hydrogen-bond acceptors (Lipinski definition) is 4. The van der Waals surface area contributed by atoms with Crippen LogP contribution in [0.4, 0.5) is 0 Å². The Morgan fingerprint density at radius 1 is 1.46 bits per heavy atom. The van der Waals surface area contributed by atoms with E-state index in [2.05, 4.69) is 5.32 Å². The molecular formula is C7H17ClN2O2S. The fraction of sp³-hybridized carbons (Fsp3) is 1.00. The minimum absolute atomic E-state index is 0.0148. The van der Waals surface area contributed by atoms with E-state index in [-0.39, 0.29) is 11.6 Å². The van der Waals surface area contributed by atoms with Crippen molar-refractivity contribution in [1.82, 2.24) is 5.32 Å². The van der Waals surface area contributed by atoms with E-state index in [1.807, 2.05) is 0 Å². The maximum absolute atomic E-state index is 11.6. The summed E-state index contributed by atoms with van der Waals surface area (Å²) in [6, 6.07) is 0. The molecule has 80 valence electrons. The first kappa shape index (κ1) is 13.2. The third kappa shape index (κ3) is 3.81. The lowest BCUT2D eigenvalue weighted by Crippen LogP contribution is -2.49. The summed E-state index contributed by atoms with van der Waals surface area (Å²) in [5, 5.41) is 2.86. The van der Waals surface area contributed by atoms with Crippen molar-refractivity contribution in [3.05, 3.63) is 0 Å². The standard InChI is InChI=1S/C7H17ClN2O2S/c1-7(2,10-5-4-9)13(11,12)6-3-8/h10H,3-6,9H2,1-2H3. The van der Waals surface area contributed by atoms with E-state index in [1.165, 1.54) is 0 Å². The van der Waals surface area contributed by atoms with Crippen LogP contribution in [0.15, 0.2) is 0 Å². The number of nitrogens with two attached hydrogens (primary N) is 1. The number of rotatable bonds is 6. The smallest absolute Gasteiger partial charge is 0.169 e. The van der Waals surface area contributed by atoms with Crippen LogP contribution in [0.2, 0.25) is 0 Å². The van der Waals surface area contributed by atoms with Crippen molar-refractivity contribution in [2.75, 3.05) is 24.7 Å². The molecule has 4 nitrogen and oxygen atoms in total. The van der Waals surface area contributed by atoms with Crippen LogP contribution in [-0.4, -0.2) is 38.0 Å². The average Bonchev–Trinajstić information content (AvgIpc) is 2.00. The predicted octanol–water partition coefficient (Wildman–Crippen LogP) is -0.0756. The Hall–Kier alpha value is 0.160. The highest BCUT2D eigenvalue weighted by Crippen LogP contribution is 2.13. The van der Waals surface area contributed by atoms with Crippen LogP contribution in [-0.2, 0) is 9.84 Å². The lowest BCUT2D eigenvalue weighted by Gasteiger charge is -2.25. The van der Waals surface area contributed by atoms with Gasteiger partial charge >= 0.3 is 0 Å². The monoisotopic (exact) mass is 228 g/mol. The number of nitrogens with one attached hydrogen (secondary N) is 1. The molecule has 0 aliphatic carbocycles. The van der Waals surface area contributed by atoms with E-state index in [0.29, 0.717) is 13.1 Å². The number of hydrogen-bond donors (Lipinski definition) is 2. The second kappa shape index (κ2) is 5.14. The summed E-state index contributed by atoms with van der Waals surface area (Å²) in [6.45, 7) is 4.13. The number of halogens is 1. The highest BCUT2D eigenvalue weighted by Gasteiger charge is 2.32. The first-order valence-electron chi connectivity index (χ1n) is 4.11. The number of sulfone groups is 1. The average molecular weight is 229 g/mol. The first-order chi connectivity index (χ1) is 5.87. The highest BCUT2D eigenvalue weighted by atomic mass is 35.5. The summed E-state index contributed by atoms with van der Waals surface area (Å²) < 4.78 is 23.1. The Labute approximate surface area is 84.7 Å². The molecule has 0 unspecified atom stereocenters. The molecule has 0 amide bonds. The second-order valence-electron chi connectivity index (χ2n) is 3.23. The normalized spacial score (nSPS) is 13.2. The molecule has 0 aliphatic rings. The SMILES string of the molecule is CC(C)(NCCN)S(=O)(=O)CCCl. The molecule has 3 N–H and O–H groups in total. The molecule has 0 heterocycles. The van der Waals surface area contributed by atoms with Crippen LogP contribution in [0.25, 0.3) is 0 Å². The van der Waals surface area contributed by atoms with Gasteiger partial charge in [0, 0.05) is 19.0 Å². The molecule has 0 spiro atoms. The quantitative estimate of drug-likeness (QED) is 0.624. The predicted molar refractivity (Wildman–Crippen MR) is 55.6 cm³/mol. The largest absolute Gasteiger partial charge is 0.329 e. The molecule has 0 aromatic heterocycles. The maximum atomic E-state index is 11.6. The Morgan fingerprint density at radius 3 is 2.38 bits per heavy atom. The van der Waals surface area contributed by atoms with Crippen LogP contribution < -0.4 is 11.1 Å². The summed E-state index contributed by atoms with van der Waals surface area (Å²) in [6.07, 6.45) is 0. The van der Waals surface area contributed by atoms with E-state index >= 15 is 0 Å². The number of alkyl halides is 1. The highest BCUT2D eigenvalue weighted by molar-refractivity contribution is 7.92. The first-order valence-corrected chi connectivity index (χ1v) is 6.29. The van der Waals surface area contributed by atoms with Crippen molar-refractivity contribution in [3.63, 3.8) is 0 Å². The Morgan fingerprint density at radius 2 is 2.00 bits per heavy atom. The van der Waals surface area contributed by atoms with Crippen molar-refractivity contribution < 1.29 is 8.42 Å². The van der Waals surface area contributed by atoms with Gasteiger partial charge in [-0.15, -0.1) is 11.6 Å². The van der Waals surface area contributed by atoms with Gasteiger partial charge in [-0.3, -0.25) is 5.32 Å². The summed E-state index contributed by atoms with van der Waals surface area (Å²) in [7, 11) is -3.18. The lowest BCUT2D eigenvalue weighted by atomic mass is 10.4. The Kier molecular flexibility index (Phi) is 5.21. The van der Waals surface area contributed by atoms with E-state index in [1.54, 1.807) is 13.8 Å². The molecule has 0 rings (SSSR count). The molecule has 0 saturated heterocycles. The second-order valence-corrected chi connectivity index (χ2v) is 6.27. The van der Waals surface area contributed by atoms with E-state index in [4.69, 9.17) is 17.3 Å². The van der Waals surface area contributed by atoms with Crippen molar-refractivity contribution in [2.45, 2.75) is 18.7 Å². The van der Waals surface area contributed by atoms with Crippen molar-refractivity contribution in [1.29, 1.82) is 0 Å². The molecule has 0 aromatic carbocycles. The third-order valence-electron chi connectivity index (χ3n) is 1.82. The molecule has 0 saturated carbocycles. The molecule has 0 fully saturated rings. The van der Waals surface area contributed by atoms with Gasteiger partial charge in [0.05, 0.1) is 5.75 Å². The summed E-state index contributed by atoms with van der Waals surface area (Å²) in [5.41, 5.74) is 5.27. The topological polar surface area (TPSA) is 72.2 Å². The van der Waals surface area contributed by atoms with Gasteiger partial charge in [0.2, 0.25) is 0 Å². The lowest BCUT2D eigenvalue weighted by molar-refractivity contribution is 0.485. The molecule has 0 aliphatic heterocycles. The zero-order valence-corrected chi connectivity index (χ0v) is 9.58. The molecule has 0 bridgehead atoms. The van der Waals surface area contributed by atoms with Gasteiger partial charge in [-0.2, -0.15) is 0 Å². The molecule has 0 radical (unpaired) electrons.